The number of hydrogen-bond acceptors (Lipinski definition) is 5. The number of nitrogens with one attached hydrogen (secondary N) is 1. The van der Waals surface area contributed by atoms with Crippen molar-refractivity contribution in [2.45, 2.75) is 0 Å². The fourth-order valence-corrected chi connectivity index (χ4v) is 2.81. The lowest BCUT2D eigenvalue weighted by molar-refractivity contribution is -0.133. The third-order valence-electron chi connectivity index (χ3n) is 3.21. The average molecular weight is 292 g/mol. The minimum Gasteiger partial charge on any atom is -0.339 e. The van der Waals surface area contributed by atoms with E-state index in [4.69, 9.17) is 0 Å². The number of hydrogen-bond donors (Lipinski definition) is 1. The van der Waals surface area contributed by atoms with Gasteiger partial charge in [-0.1, -0.05) is 0 Å². The molecule has 7 nitrogen and oxygen atoms in total. The molecule has 1 aliphatic heterocycles. The summed E-state index contributed by atoms with van der Waals surface area (Å²) < 4.78 is 24.2. The molecule has 0 spiro atoms. The van der Waals surface area contributed by atoms with E-state index in [2.05, 4.69) is 5.32 Å². The molecule has 19 heavy (non-hydrogen) atoms. The molecular weight excluding hydrogens is 268 g/mol. The molecule has 0 radical (unpaired) electrons. The molecule has 0 unspecified atom stereocenters. The molecule has 112 valence electrons. The molecule has 0 aromatic heterocycles. The number of piperazine rings is 1. The topological polar surface area (TPSA) is 73.0 Å². The molecule has 0 bridgehead atoms. The molecular formula is C11H24N4O3S. The molecule has 1 rings (SSSR count). The summed E-state index contributed by atoms with van der Waals surface area (Å²) in [5.41, 5.74) is 0. The summed E-state index contributed by atoms with van der Waals surface area (Å²) >= 11 is 0. The van der Waals surface area contributed by atoms with Gasteiger partial charge in [0, 0.05) is 39.3 Å². The van der Waals surface area contributed by atoms with Gasteiger partial charge in [-0.05, 0) is 14.1 Å². The molecule has 1 amide bonds. The second-order valence-electron chi connectivity index (χ2n) is 4.88. The summed E-state index contributed by atoms with van der Waals surface area (Å²) in [6, 6.07) is 0. The smallest absolute Gasteiger partial charge is 0.236 e. The highest BCUT2D eigenvalue weighted by Gasteiger charge is 2.26. The SMILES string of the molecule is CNCCN(C)CC(=O)N1CCN(S(C)(=O)=O)CC1. The minimum absolute atomic E-state index is 0.0618. The van der Waals surface area contributed by atoms with E-state index in [1.54, 1.807) is 4.90 Å². The first kappa shape index (κ1) is 16.4. The summed E-state index contributed by atoms with van der Waals surface area (Å²) in [5.74, 6) is 0.0618. The Hall–Kier alpha value is -0.700. The Morgan fingerprint density at radius 3 is 2.32 bits per heavy atom. The second kappa shape index (κ2) is 7.18. The monoisotopic (exact) mass is 292 g/mol. The first-order chi connectivity index (χ1) is 8.84. The van der Waals surface area contributed by atoms with Crippen LogP contribution < -0.4 is 5.32 Å². The van der Waals surface area contributed by atoms with Gasteiger partial charge in [-0.15, -0.1) is 0 Å². The number of nitrogens with zero attached hydrogens (tertiary/aromatic N) is 3. The van der Waals surface area contributed by atoms with Crippen LogP contribution in [0.25, 0.3) is 0 Å². The predicted molar refractivity (Wildman–Crippen MR) is 74.4 cm³/mol. The van der Waals surface area contributed by atoms with Crippen molar-refractivity contribution in [1.82, 2.24) is 19.4 Å². The van der Waals surface area contributed by atoms with Gasteiger partial charge in [0.05, 0.1) is 12.8 Å². The van der Waals surface area contributed by atoms with Crippen LogP contribution in [-0.2, 0) is 14.8 Å². The van der Waals surface area contributed by atoms with Crippen molar-refractivity contribution in [2.24, 2.45) is 0 Å². The molecule has 0 aromatic rings. The number of sulfonamides is 1. The second-order valence-corrected chi connectivity index (χ2v) is 6.87. The zero-order valence-electron chi connectivity index (χ0n) is 11.9. The van der Waals surface area contributed by atoms with Crippen LogP contribution in [0.5, 0.6) is 0 Å². The van der Waals surface area contributed by atoms with Crippen LogP contribution in [-0.4, -0.2) is 94.6 Å². The molecule has 8 heteroatoms. The highest BCUT2D eigenvalue weighted by atomic mass is 32.2. The summed E-state index contributed by atoms with van der Waals surface area (Å²) in [6.45, 7) is 3.77. The van der Waals surface area contributed by atoms with Crippen LogP contribution in [0.1, 0.15) is 0 Å². The zero-order chi connectivity index (χ0) is 14.5. The molecule has 1 N–H and O–H groups in total. The van der Waals surface area contributed by atoms with Crippen LogP contribution in [0.15, 0.2) is 0 Å². The lowest BCUT2D eigenvalue weighted by Gasteiger charge is -2.34. The minimum atomic E-state index is -3.13. The van der Waals surface area contributed by atoms with Gasteiger partial charge in [0.1, 0.15) is 0 Å². The molecule has 0 aliphatic carbocycles. The fraction of sp³-hybridized carbons (Fsp3) is 0.909. The standard InChI is InChI=1S/C11H24N4O3S/c1-12-4-5-13(2)10-11(16)14-6-8-15(9-7-14)19(3,17)18/h12H,4-10H2,1-3H3. The predicted octanol–water partition coefficient (Wildman–Crippen LogP) is -1.76. The fourth-order valence-electron chi connectivity index (χ4n) is 1.98. The van der Waals surface area contributed by atoms with Crippen molar-refractivity contribution in [3.63, 3.8) is 0 Å². The maximum absolute atomic E-state index is 12.0. The van der Waals surface area contributed by atoms with Gasteiger partial charge < -0.3 is 10.2 Å². The van der Waals surface area contributed by atoms with Crippen LogP contribution in [0.2, 0.25) is 0 Å². The van der Waals surface area contributed by atoms with Gasteiger partial charge in [-0.2, -0.15) is 4.31 Å². The van der Waals surface area contributed by atoms with Gasteiger partial charge in [0.15, 0.2) is 0 Å². The van der Waals surface area contributed by atoms with Gasteiger partial charge in [-0.25, -0.2) is 8.42 Å². The van der Waals surface area contributed by atoms with Crippen molar-refractivity contribution in [3.8, 4) is 0 Å². The molecule has 0 aromatic carbocycles. The van der Waals surface area contributed by atoms with Gasteiger partial charge in [-0.3, -0.25) is 9.69 Å². The largest absolute Gasteiger partial charge is 0.339 e. The van der Waals surface area contributed by atoms with E-state index in [0.717, 1.165) is 13.1 Å². The first-order valence-electron chi connectivity index (χ1n) is 6.40. The number of likely N-dealkylation sites (N-methyl/N-ethyl adjacent to an activating group) is 2. The van der Waals surface area contributed by atoms with E-state index >= 15 is 0 Å². The summed E-state index contributed by atoms with van der Waals surface area (Å²) in [7, 11) is 0.646. The molecule has 1 saturated heterocycles. The van der Waals surface area contributed by atoms with E-state index in [1.165, 1.54) is 10.6 Å². The lowest BCUT2D eigenvalue weighted by atomic mass is 10.3. The number of carbonyl (C=O) groups excluding carboxylic acids is 1. The average Bonchev–Trinajstić information content (AvgIpc) is 2.35. The lowest BCUT2D eigenvalue weighted by Crippen LogP contribution is -2.52. The summed E-state index contributed by atoms with van der Waals surface area (Å²) in [4.78, 5) is 15.7. The Morgan fingerprint density at radius 2 is 1.84 bits per heavy atom. The maximum atomic E-state index is 12.0. The number of amides is 1. The van der Waals surface area contributed by atoms with Crippen molar-refractivity contribution in [2.75, 3.05) is 66.2 Å². The highest BCUT2D eigenvalue weighted by Crippen LogP contribution is 2.06. The summed E-state index contributed by atoms with van der Waals surface area (Å²) in [5, 5.41) is 3.03. The van der Waals surface area contributed by atoms with Crippen LogP contribution in [0.4, 0.5) is 0 Å². The molecule has 1 fully saturated rings. The molecule has 0 atom stereocenters. The quantitative estimate of drug-likeness (QED) is 0.628. The third-order valence-corrected chi connectivity index (χ3v) is 4.51. The Morgan fingerprint density at radius 1 is 1.26 bits per heavy atom. The van der Waals surface area contributed by atoms with Gasteiger partial charge >= 0.3 is 0 Å². The van der Waals surface area contributed by atoms with Crippen molar-refractivity contribution in [1.29, 1.82) is 0 Å². The number of carbonyl (C=O) groups is 1. The number of rotatable bonds is 6. The van der Waals surface area contributed by atoms with Crippen LogP contribution in [0, 0.1) is 0 Å². The Balaban J connectivity index is 2.37. The Kier molecular flexibility index (Phi) is 6.18. The van der Waals surface area contributed by atoms with E-state index < -0.39 is 10.0 Å². The third kappa shape index (κ3) is 5.43. The molecule has 1 aliphatic rings. The Bertz CT molecular complexity index is 391. The van der Waals surface area contributed by atoms with E-state index in [-0.39, 0.29) is 5.91 Å². The normalized spacial score (nSPS) is 18.0. The highest BCUT2D eigenvalue weighted by molar-refractivity contribution is 7.88. The van der Waals surface area contributed by atoms with Gasteiger partial charge in [0.25, 0.3) is 0 Å². The van der Waals surface area contributed by atoms with E-state index in [9.17, 15) is 13.2 Å². The Labute approximate surface area is 115 Å². The van der Waals surface area contributed by atoms with Crippen molar-refractivity contribution < 1.29 is 13.2 Å². The van der Waals surface area contributed by atoms with Crippen LogP contribution in [0.3, 0.4) is 0 Å². The van der Waals surface area contributed by atoms with Gasteiger partial charge in [0.2, 0.25) is 15.9 Å². The molecule has 1 heterocycles. The van der Waals surface area contributed by atoms with E-state index in [1.807, 2.05) is 19.0 Å². The molecule has 0 saturated carbocycles. The first-order valence-corrected chi connectivity index (χ1v) is 8.25. The van der Waals surface area contributed by atoms with E-state index in [0.29, 0.717) is 32.7 Å². The van der Waals surface area contributed by atoms with Crippen LogP contribution >= 0.6 is 0 Å². The zero-order valence-corrected chi connectivity index (χ0v) is 12.7. The van der Waals surface area contributed by atoms with Crippen molar-refractivity contribution >= 4 is 15.9 Å². The summed E-state index contributed by atoms with van der Waals surface area (Å²) in [6.07, 6.45) is 1.20. The maximum Gasteiger partial charge on any atom is 0.236 e. The van der Waals surface area contributed by atoms with Crippen molar-refractivity contribution in [3.05, 3.63) is 0 Å².